The highest BCUT2D eigenvalue weighted by atomic mass is 35.5. The topological polar surface area (TPSA) is 39.2 Å². The second-order valence-electron chi connectivity index (χ2n) is 3.70. The van der Waals surface area contributed by atoms with Crippen LogP contribution in [0.1, 0.15) is 31.6 Å². The summed E-state index contributed by atoms with van der Waals surface area (Å²) in [6, 6.07) is 7.55. The van der Waals surface area contributed by atoms with E-state index in [1.807, 2.05) is 24.3 Å². The maximum Gasteiger partial charge on any atom is 0.135 e. The normalized spacial score (nSPS) is 13.3. The smallest absolute Gasteiger partial charge is 0.135 e. The molecule has 0 spiro atoms. The molecule has 2 aromatic rings. The predicted octanol–water partition coefficient (Wildman–Crippen LogP) is 3.89. The van der Waals surface area contributed by atoms with E-state index in [4.69, 9.17) is 21.8 Å². The average molecular weight is 224 g/mol. The summed E-state index contributed by atoms with van der Waals surface area (Å²) in [5.74, 6) is 0.819. The molecule has 0 radical (unpaired) electrons. The first-order valence-corrected chi connectivity index (χ1v) is 5.53. The number of furan rings is 1. The zero-order chi connectivity index (χ0) is 10.8. The van der Waals surface area contributed by atoms with Gasteiger partial charge in [-0.15, -0.1) is 0 Å². The SMILES string of the molecule is CCCC(N)c1cc2c(Cl)cccc2o1. The summed E-state index contributed by atoms with van der Waals surface area (Å²) in [5.41, 5.74) is 6.79. The van der Waals surface area contributed by atoms with E-state index in [-0.39, 0.29) is 6.04 Å². The molecule has 2 nitrogen and oxygen atoms in total. The van der Waals surface area contributed by atoms with Crippen LogP contribution in [0, 0.1) is 0 Å². The number of hydrogen-bond acceptors (Lipinski definition) is 2. The molecule has 80 valence electrons. The minimum Gasteiger partial charge on any atom is -0.459 e. The molecular formula is C12H14ClNO. The van der Waals surface area contributed by atoms with E-state index >= 15 is 0 Å². The molecule has 1 aromatic carbocycles. The van der Waals surface area contributed by atoms with E-state index in [0.717, 1.165) is 29.6 Å². The van der Waals surface area contributed by atoms with E-state index in [1.54, 1.807) is 0 Å². The Morgan fingerprint density at radius 2 is 2.27 bits per heavy atom. The summed E-state index contributed by atoms with van der Waals surface area (Å²) >= 11 is 6.05. The molecule has 3 heteroatoms. The van der Waals surface area contributed by atoms with Crippen LogP contribution in [0.25, 0.3) is 11.0 Å². The van der Waals surface area contributed by atoms with E-state index < -0.39 is 0 Å². The molecule has 0 aliphatic carbocycles. The summed E-state index contributed by atoms with van der Waals surface area (Å²) in [4.78, 5) is 0. The third-order valence-corrected chi connectivity index (χ3v) is 2.82. The van der Waals surface area contributed by atoms with E-state index in [0.29, 0.717) is 5.02 Å². The van der Waals surface area contributed by atoms with Crippen molar-refractivity contribution in [2.45, 2.75) is 25.8 Å². The molecule has 1 heterocycles. The Bertz CT molecular complexity index is 464. The van der Waals surface area contributed by atoms with Gasteiger partial charge in [-0.1, -0.05) is 31.0 Å². The van der Waals surface area contributed by atoms with Gasteiger partial charge in [-0.05, 0) is 24.6 Å². The Morgan fingerprint density at radius 3 is 2.93 bits per heavy atom. The van der Waals surface area contributed by atoms with Gasteiger partial charge < -0.3 is 10.2 Å². The van der Waals surface area contributed by atoms with Gasteiger partial charge in [0.25, 0.3) is 0 Å². The number of nitrogens with two attached hydrogens (primary N) is 1. The molecule has 15 heavy (non-hydrogen) atoms. The Balaban J connectivity index is 2.43. The van der Waals surface area contributed by atoms with Crippen LogP contribution in [0.3, 0.4) is 0 Å². The number of hydrogen-bond donors (Lipinski definition) is 1. The number of benzene rings is 1. The minimum atomic E-state index is -0.0292. The average Bonchev–Trinajstić information content (AvgIpc) is 2.63. The van der Waals surface area contributed by atoms with Gasteiger partial charge in [0.15, 0.2) is 0 Å². The quantitative estimate of drug-likeness (QED) is 0.858. The summed E-state index contributed by atoms with van der Waals surface area (Å²) < 4.78 is 5.65. The number of halogens is 1. The fourth-order valence-corrected chi connectivity index (χ4v) is 1.90. The molecule has 2 rings (SSSR count). The lowest BCUT2D eigenvalue weighted by molar-refractivity contribution is 0.475. The van der Waals surface area contributed by atoms with Crippen molar-refractivity contribution < 1.29 is 4.42 Å². The van der Waals surface area contributed by atoms with Crippen LogP contribution < -0.4 is 5.73 Å². The van der Waals surface area contributed by atoms with Crippen molar-refractivity contribution in [3.8, 4) is 0 Å². The summed E-state index contributed by atoms with van der Waals surface area (Å²) in [6.45, 7) is 2.11. The molecule has 0 saturated heterocycles. The minimum absolute atomic E-state index is 0.0292. The van der Waals surface area contributed by atoms with Crippen molar-refractivity contribution in [1.29, 1.82) is 0 Å². The highest BCUT2D eigenvalue weighted by Gasteiger charge is 2.12. The van der Waals surface area contributed by atoms with Gasteiger partial charge in [0, 0.05) is 5.39 Å². The molecule has 0 fully saturated rings. The number of rotatable bonds is 3. The van der Waals surface area contributed by atoms with Crippen LogP contribution in [0.5, 0.6) is 0 Å². The molecule has 2 N–H and O–H groups in total. The molecule has 0 aliphatic rings. The van der Waals surface area contributed by atoms with Gasteiger partial charge in [0.2, 0.25) is 0 Å². The van der Waals surface area contributed by atoms with Gasteiger partial charge in [0.1, 0.15) is 11.3 Å². The summed E-state index contributed by atoms with van der Waals surface area (Å²) in [5, 5.41) is 1.66. The highest BCUT2D eigenvalue weighted by Crippen LogP contribution is 2.29. The second-order valence-corrected chi connectivity index (χ2v) is 4.10. The van der Waals surface area contributed by atoms with Crippen LogP contribution in [0.2, 0.25) is 5.02 Å². The zero-order valence-corrected chi connectivity index (χ0v) is 9.42. The third kappa shape index (κ3) is 2.01. The van der Waals surface area contributed by atoms with Gasteiger partial charge in [0.05, 0.1) is 11.1 Å². The van der Waals surface area contributed by atoms with Crippen molar-refractivity contribution >= 4 is 22.6 Å². The predicted molar refractivity (Wildman–Crippen MR) is 63.1 cm³/mol. The molecule has 0 aliphatic heterocycles. The van der Waals surface area contributed by atoms with E-state index in [1.165, 1.54) is 0 Å². The van der Waals surface area contributed by atoms with E-state index in [2.05, 4.69) is 6.92 Å². The largest absolute Gasteiger partial charge is 0.459 e. The monoisotopic (exact) mass is 223 g/mol. The molecule has 1 unspecified atom stereocenters. The third-order valence-electron chi connectivity index (χ3n) is 2.49. The highest BCUT2D eigenvalue weighted by molar-refractivity contribution is 6.35. The Hall–Kier alpha value is -0.990. The fourth-order valence-electron chi connectivity index (χ4n) is 1.68. The van der Waals surface area contributed by atoms with Crippen molar-refractivity contribution in [3.63, 3.8) is 0 Å². The molecule has 1 atom stereocenters. The lowest BCUT2D eigenvalue weighted by Gasteiger charge is -2.04. The molecular weight excluding hydrogens is 210 g/mol. The standard InChI is InChI=1S/C12H14ClNO/c1-2-4-10(14)12-7-8-9(13)5-3-6-11(8)15-12/h3,5-7,10H,2,4,14H2,1H3. The Labute approximate surface area is 94.0 Å². The fraction of sp³-hybridized carbons (Fsp3) is 0.333. The lowest BCUT2D eigenvalue weighted by Crippen LogP contribution is -2.08. The maximum atomic E-state index is 6.05. The van der Waals surface area contributed by atoms with Crippen LogP contribution in [-0.4, -0.2) is 0 Å². The van der Waals surface area contributed by atoms with Crippen molar-refractivity contribution in [2.75, 3.05) is 0 Å². The zero-order valence-electron chi connectivity index (χ0n) is 8.66. The molecule has 0 amide bonds. The first-order chi connectivity index (χ1) is 7.22. The van der Waals surface area contributed by atoms with Gasteiger partial charge in [-0.25, -0.2) is 0 Å². The van der Waals surface area contributed by atoms with Crippen LogP contribution in [0.15, 0.2) is 28.7 Å². The Kier molecular flexibility index (Phi) is 2.98. The Morgan fingerprint density at radius 1 is 1.47 bits per heavy atom. The first-order valence-electron chi connectivity index (χ1n) is 5.16. The van der Waals surface area contributed by atoms with Crippen LogP contribution in [-0.2, 0) is 0 Å². The number of fused-ring (bicyclic) bond motifs is 1. The maximum absolute atomic E-state index is 6.05. The van der Waals surface area contributed by atoms with Gasteiger partial charge in [-0.3, -0.25) is 0 Å². The molecule has 0 bridgehead atoms. The molecule has 1 aromatic heterocycles. The van der Waals surface area contributed by atoms with Crippen LogP contribution in [0.4, 0.5) is 0 Å². The summed E-state index contributed by atoms with van der Waals surface area (Å²) in [6.07, 6.45) is 1.98. The van der Waals surface area contributed by atoms with Crippen molar-refractivity contribution in [1.82, 2.24) is 0 Å². The molecule has 0 saturated carbocycles. The van der Waals surface area contributed by atoms with Gasteiger partial charge >= 0.3 is 0 Å². The van der Waals surface area contributed by atoms with Gasteiger partial charge in [-0.2, -0.15) is 0 Å². The summed E-state index contributed by atoms with van der Waals surface area (Å²) in [7, 11) is 0. The van der Waals surface area contributed by atoms with Crippen molar-refractivity contribution in [3.05, 3.63) is 35.0 Å². The van der Waals surface area contributed by atoms with Crippen LogP contribution >= 0.6 is 11.6 Å². The second kappa shape index (κ2) is 4.25. The van der Waals surface area contributed by atoms with E-state index in [9.17, 15) is 0 Å². The lowest BCUT2D eigenvalue weighted by atomic mass is 10.1. The van der Waals surface area contributed by atoms with Crippen molar-refractivity contribution in [2.24, 2.45) is 5.73 Å². The first kappa shape index (κ1) is 10.5.